The number of nitrogens with zero attached hydrogens (tertiary/aromatic N) is 1. The van der Waals surface area contributed by atoms with E-state index in [9.17, 15) is 0 Å². The molecule has 0 radical (unpaired) electrons. The molecule has 1 fully saturated rings. The summed E-state index contributed by atoms with van der Waals surface area (Å²) in [6, 6.07) is 0.451. The minimum absolute atomic E-state index is 0.451. The van der Waals surface area contributed by atoms with Gasteiger partial charge in [-0.2, -0.15) is 0 Å². The smallest absolute Gasteiger partial charge is 0.180 e. The van der Waals surface area contributed by atoms with Crippen LogP contribution in [0.15, 0.2) is 5.38 Å². The summed E-state index contributed by atoms with van der Waals surface area (Å²) in [4.78, 5) is 4.27. The van der Waals surface area contributed by atoms with Crippen LogP contribution < -0.4 is 11.1 Å². The molecule has 4 heteroatoms. The van der Waals surface area contributed by atoms with Crippen molar-refractivity contribution in [3.63, 3.8) is 0 Å². The highest BCUT2D eigenvalue weighted by Gasteiger charge is 2.16. The number of rotatable bonds is 1. The molecule has 0 spiro atoms. The van der Waals surface area contributed by atoms with Crippen molar-refractivity contribution in [2.45, 2.75) is 25.3 Å². The summed E-state index contributed by atoms with van der Waals surface area (Å²) in [6.07, 6.45) is 3.79. The highest BCUT2D eigenvalue weighted by Crippen LogP contribution is 2.24. The fourth-order valence-corrected chi connectivity index (χ4v) is 2.18. The molecule has 0 amide bonds. The molecule has 3 N–H and O–H groups in total. The van der Waals surface area contributed by atoms with Crippen LogP contribution in [0.1, 0.15) is 31.0 Å². The number of piperidine rings is 1. The van der Waals surface area contributed by atoms with E-state index in [1.807, 2.05) is 0 Å². The maximum atomic E-state index is 5.56. The molecule has 2 rings (SSSR count). The average Bonchev–Trinajstić information content (AvgIpc) is 2.54. The van der Waals surface area contributed by atoms with Gasteiger partial charge >= 0.3 is 0 Å². The highest BCUT2D eigenvalue weighted by molar-refractivity contribution is 7.13. The second-order valence-corrected chi connectivity index (χ2v) is 4.00. The van der Waals surface area contributed by atoms with Crippen LogP contribution in [-0.2, 0) is 0 Å². The summed E-state index contributed by atoms with van der Waals surface area (Å²) in [5.41, 5.74) is 6.69. The molecule has 1 atom stereocenters. The van der Waals surface area contributed by atoms with E-state index in [-0.39, 0.29) is 0 Å². The number of nitrogen functional groups attached to an aromatic ring is 1. The molecule has 1 aliphatic rings. The number of anilines is 1. The van der Waals surface area contributed by atoms with Crippen molar-refractivity contribution in [3.05, 3.63) is 11.1 Å². The average molecular weight is 183 g/mol. The first kappa shape index (κ1) is 8.01. The van der Waals surface area contributed by atoms with E-state index in [0.717, 1.165) is 12.2 Å². The van der Waals surface area contributed by atoms with Crippen molar-refractivity contribution in [2.75, 3.05) is 12.3 Å². The molecule has 1 saturated heterocycles. The van der Waals surface area contributed by atoms with E-state index in [0.29, 0.717) is 11.2 Å². The Balaban J connectivity index is 2.08. The fraction of sp³-hybridized carbons (Fsp3) is 0.625. The van der Waals surface area contributed by atoms with Gasteiger partial charge < -0.3 is 11.1 Å². The van der Waals surface area contributed by atoms with Gasteiger partial charge in [-0.25, -0.2) is 4.98 Å². The van der Waals surface area contributed by atoms with E-state index in [1.54, 1.807) is 0 Å². The standard InChI is InChI=1S/C8H13N3S/c9-8-11-7(5-12-8)6-3-1-2-4-10-6/h5-6,10H,1-4H2,(H2,9,11). The zero-order valence-electron chi connectivity index (χ0n) is 6.92. The summed E-state index contributed by atoms with van der Waals surface area (Å²) in [7, 11) is 0. The molecule has 1 aliphatic heterocycles. The number of aromatic nitrogens is 1. The van der Waals surface area contributed by atoms with Gasteiger partial charge in [-0.1, -0.05) is 6.42 Å². The van der Waals surface area contributed by atoms with Crippen molar-refractivity contribution in [1.82, 2.24) is 10.3 Å². The van der Waals surface area contributed by atoms with Crippen LogP contribution in [0.5, 0.6) is 0 Å². The lowest BCUT2D eigenvalue weighted by Gasteiger charge is -2.21. The Labute approximate surface area is 76.0 Å². The number of hydrogen-bond acceptors (Lipinski definition) is 4. The number of thiazole rings is 1. The van der Waals surface area contributed by atoms with Gasteiger partial charge in [0.15, 0.2) is 5.13 Å². The first-order chi connectivity index (χ1) is 5.86. The Bertz CT molecular complexity index is 253. The Morgan fingerprint density at radius 3 is 3.08 bits per heavy atom. The third kappa shape index (κ3) is 1.59. The predicted molar refractivity (Wildman–Crippen MR) is 51.1 cm³/mol. The molecule has 0 aromatic carbocycles. The number of hydrogen-bond donors (Lipinski definition) is 2. The topological polar surface area (TPSA) is 50.9 Å². The highest BCUT2D eigenvalue weighted by atomic mass is 32.1. The molecule has 1 aromatic rings. The Morgan fingerprint density at radius 1 is 1.58 bits per heavy atom. The quantitative estimate of drug-likeness (QED) is 0.694. The summed E-state index contributed by atoms with van der Waals surface area (Å²) in [5.74, 6) is 0. The molecule has 1 aromatic heterocycles. The predicted octanol–water partition coefficient (Wildman–Crippen LogP) is 1.54. The van der Waals surface area contributed by atoms with Gasteiger partial charge in [0.2, 0.25) is 0 Å². The molecule has 12 heavy (non-hydrogen) atoms. The summed E-state index contributed by atoms with van der Waals surface area (Å²) in [6.45, 7) is 1.11. The third-order valence-corrected chi connectivity index (χ3v) is 2.90. The van der Waals surface area contributed by atoms with E-state index < -0.39 is 0 Å². The van der Waals surface area contributed by atoms with Crippen LogP contribution in [0.25, 0.3) is 0 Å². The van der Waals surface area contributed by atoms with Gasteiger partial charge in [-0.05, 0) is 19.4 Å². The Kier molecular flexibility index (Phi) is 2.28. The minimum Gasteiger partial charge on any atom is -0.375 e. The van der Waals surface area contributed by atoms with Gasteiger partial charge in [-0.3, -0.25) is 0 Å². The van der Waals surface area contributed by atoms with Crippen molar-refractivity contribution in [1.29, 1.82) is 0 Å². The molecular formula is C8H13N3S. The zero-order valence-corrected chi connectivity index (χ0v) is 7.73. The van der Waals surface area contributed by atoms with E-state index in [2.05, 4.69) is 15.7 Å². The molecule has 1 unspecified atom stereocenters. The molecule has 0 saturated carbocycles. The molecule has 66 valence electrons. The molecule has 2 heterocycles. The SMILES string of the molecule is Nc1nc(C2CCCCN2)cs1. The second-order valence-electron chi connectivity index (χ2n) is 3.11. The normalized spacial score (nSPS) is 24.2. The van der Waals surface area contributed by atoms with E-state index in [4.69, 9.17) is 5.73 Å². The molecule has 0 bridgehead atoms. The lowest BCUT2D eigenvalue weighted by atomic mass is 10.0. The van der Waals surface area contributed by atoms with Crippen molar-refractivity contribution in [2.24, 2.45) is 0 Å². The van der Waals surface area contributed by atoms with Gasteiger partial charge in [0, 0.05) is 5.38 Å². The van der Waals surface area contributed by atoms with Crippen molar-refractivity contribution in [3.8, 4) is 0 Å². The Morgan fingerprint density at radius 2 is 2.50 bits per heavy atom. The first-order valence-electron chi connectivity index (χ1n) is 4.30. The zero-order chi connectivity index (χ0) is 8.39. The van der Waals surface area contributed by atoms with Crippen LogP contribution in [0, 0.1) is 0 Å². The van der Waals surface area contributed by atoms with Crippen LogP contribution in [0.3, 0.4) is 0 Å². The summed E-state index contributed by atoms with van der Waals surface area (Å²) >= 11 is 1.52. The van der Waals surface area contributed by atoms with E-state index in [1.165, 1.54) is 30.6 Å². The van der Waals surface area contributed by atoms with Crippen LogP contribution in [0.2, 0.25) is 0 Å². The fourth-order valence-electron chi connectivity index (χ4n) is 1.57. The minimum atomic E-state index is 0.451. The Hall–Kier alpha value is -0.610. The lowest BCUT2D eigenvalue weighted by molar-refractivity contribution is 0.407. The summed E-state index contributed by atoms with van der Waals surface area (Å²) < 4.78 is 0. The van der Waals surface area contributed by atoms with Crippen LogP contribution >= 0.6 is 11.3 Å². The largest absolute Gasteiger partial charge is 0.375 e. The second kappa shape index (κ2) is 3.41. The summed E-state index contributed by atoms with van der Waals surface area (Å²) in [5, 5.41) is 6.17. The van der Waals surface area contributed by atoms with E-state index >= 15 is 0 Å². The maximum absolute atomic E-state index is 5.56. The molecule has 3 nitrogen and oxygen atoms in total. The van der Waals surface area contributed by atoms with Crippen molar-refractivity contribution < 1.29 is 0 Å². The third-order valence-electron chi connectivity index (χ3n) is 2.21. The van der Waals surface area contributed by atoms with Gasteiger partial charge in [0.05, 0.1) is 11.7 Å². The van der Waals surface area contributed by atoms with Crippen LogP contribution in [0.4, 0.5) is 5.13 Å². The first-order valence-corrected chi connectivity index (χ1v) is 5.18. The lowest BCUT2D eigenvalue weighted by Crippen LogP contribution is -2.26. The molecule has 0 aliphatic carbocycles. The maximum Gasteiger partial charge on any atom is 0.180 e. The van der Waals surface area contributed by atoms with Gasteiger partial charge in [-0.15, -0.1) is 11.3 Å². The number of nitrogens with two attached hydrogens (primary N) is 1. The number of nitrogens with one attached hydrogen (secondary N) is 1. The van der Waals surface area contributed by atoms with Gasteiger partial charge in [0.25, 0.3) is 0 Å². The van der Waals surface area contributed by atoms with Crippen molar-refractivity contribution >= 4 is 16.5 Å². The van der Waals surface area contributed by atoms with Gasteiger partial charge in [0.1, 0.15) is 0 Å². The van der Waals surface area contributed by atoms with Crippen LogP contribution in [-0.4, -0.2) is 11.5 Å². The molecular weight excluding hydrogens is 170 g/mol. The monoisotopic (exact) mass is 183 g/mol.